The Labute approximate surface area is 143 Å². The molecule has 0 aliphatic carbocycles. The van der Waals surface area contributed by atoms with Gasteiger partial charge in [0.05, 0.1) is 11.7 Å². The van der Waals surface area contributed by atoms with Crippen molar-refractivity contribution in [1.82, 2.24) is 15.1 Å². The van der Waals surface area contributed by atoms with Crippen molar-refractivity contribution in [3.05, 3.63) is 48.4 Å². The zero-order valence-corrected chi connectivity index (χ0v) is 13.5. The van der Waals surface area contributed by atoms with Gasteiger partial charge in [-0.15, -0.1) is 0 Å². The maximum absolute atomic E-state index is 13.1. The van der Waals surface area contributed by atoms with Crippen LogP contribution in [0.5, 0.6) is 0 Å². The largest absolute Gasteiger partial charge is 0.393 e. The van der Waals surface area contributed by atoms with Gasteiger partial charge in [0.25, 0.3) is 5.89 Å². The van der Waals surface area contributed by atoms with Crippen molar-refractivity contribution in [2.24, 2.45) is 0 Å². The third-order valence-electron chi connectivity index (χ3n) is 4.31. The van der Waals surface area contributed by atoms with E-state index in [0.717, 1.165) is 24.5 Å². The lowest BCUT2D eigenvalue weighted by atomic mass is 10.1. The molecule has 7 heteroatoms. The van der Waals surface area contributed by atoms with Gasteiger partial charge >= 0.3 is 0 Å². The van der Waals surface area contributed by atoms with Crippen LogP contribution in [-0.4, -0.2) is 39.4 Å². The molecule has 1 aromatic carbocycles. The Morgan fingerprint density at radius 2 is 1.88 bits per heavy atom. The van der Waals surface area contributed by atoms with Crippen molar-refractivity contribution >= 4 is 5.82 Å². The summed E-state index contributed by atoms with van der Waals surface area (Å²) in [4.78, 5) is 11.0. The molecule has 1 aliphatic rings. The minimum Gasteiger partial charge on any atom is -0.393 e. The number of hydrogen-bond donors (Lipinski definition) is 1. The van der Waals surface area contributed by atoms with Crippen LogP contribution in [0.15, 0.2) is 47.1 Å². The second kappa shape index (κ2) is 6.60. The van der Waals surface area contributed by atoms with E-state index in [0.29, 0.717) is 30.1 Å². The first-order valence-corrected chi connectivity index (χ1v) is 8.19. The van der Waals surface area contributed by atoms with Crippen molar-refractivity contribution in [2.75, 3.05) is 18.0 Å². The molecule has 2 aromatic heterocycles. The molecule has 3 heterocycles. The number of aliphatic hydroxyl groups is 1. The molecule has 1 aliphatic heterocycles. The fourth-order valence-electron chi connectivity index (χ4n) is 2.94. The van der Waals surface area contributed by atoms with E-state index in [1.54, 1.807) is 18.3 Å². The molecular weight excluding hydrogens is 323 g/mol. The Balaban J connectivity index is 1.65. The fourth-order valence-corrected chi connectivity index (χ4v) is 2.94. The average molecular weight is 340 g/mol. The van der Waals surface area contributed by atoms with E-state index < -0.39 is 0 Å². The molecule has 1 N–H and O–H groups in total. The van der Waals surface area contributed by atoms with Gasteiger partial charge < -0.3 is 14.5 Å². The molecule has 128 valence electrons. The van der Waals surface area contributed by atoms with E-state index >= 15 is 0 Å². The van der Waals surface area contributed by atoms with Gasteiger partial charge in [0, 0.05) is 24.8 Å². The van der Waals surface area contributed by atoms with Gasteiger partial charge in [0.15, 0.2) is 0 Å². The first-order valence-electron chi connectivity index (χ1n) is 8.19. The summed E-state index contributed by atoms with van der Waals surface area (Å²) in [6.45, 7) is 1.45. The quantitative estimate of drug-likeness (QED) is 0.790. The highest BCUT2D eigenvalue weighted by Gasteiger charge is 2.23. The number of rotatable bonds is 3. The van der Waals surface area contributed by atoms with Crippen molar-refractivity contribution < 1.29 is 14.0 Å². The molecule has 3 aromatic rings. The van der Waals surface area contributed by atoms with Gasteiger partial charge in [0.1, 0.15) is 11.6 Å². The second-order valence-electron chi connectivity index (χ2n) is 6.02. The number of piperidine rings is 1. The lowest BCUT2D eigenvalue weighted by Gasteiger charge is -2.31. The topological polar surface area (TPSA) is 75.3 Å². The molecule has 0 saturated carbocycles. The smallest absolute Gasteiger partial charge is 0.261 e. The van der Waals surface area contributed by atoms with Crippen molar-refractivity contribution in [2.45, 2.75) is 18.9 Å². The van der Waals surface area contributed by atoms with Crippen molar-refractivity contribution in [1.29, 1.82) is 0 Å². The predicted octanol–water partition coefficient (Wildman–Crippen LogP) is 2.90. The molecule has 1 fully saturated rings. The summed E-state index contributed by atoms with van der Waals surface area (Å²) in [5, 5.41) is 13.7. The van der Waals surface area contributed by atoms with Gasteiger partial charge in [-0.2, -0.15) is 4.98 Å². The van der Waals surface area contributed by atoms with E-state index in [4.69, 9.17) is 4.52 Å². The average Bonchev–Trinajstić information content (AvgIpc) is 3.13. The molecule has 0 amide bonds. The minimum absolute atomic E-state index is 0.253. The van der Waals surface area contributed by atoms with Crippen LogP contribution in [0.2, 0.25) is 0 Å². The predicted molar refractivity (Wildman–Crippen MR) is 90.4 cm³/mol. The fraction of sp³-hybridized carbons (Fsp3) is 0.278. The number of benzene rings is 1. The number of aromatic nitrogens is 3. The number of nitrogens with zero attached hydrogens (tertiary/aromatic N) is 4. The van der Waals surface area contributed by atoms with E-state index in [9.17, 15) is 9.50 Å². The zero-order valence-electron chi connectivity index (χ0n) is 13.5. The third-order valence-corrected chi connectivity index (χ3v) is 4.31. The lowest BCUT2D eigenvalue weighted by molar-refractivity contribution is 0.145. The van der Waals surface area contributed by atoms with Crippen LogP contribution in [-0.2, 0) is 0 Å². The Kier molecular flexibility index (Phi) is 4.15. The minimum atomic E-state index is -0.311. The van der Waals surface area contributed by atoms with Crippen LogP contribution in [0.3, 0.4) is 0 Å². The summed E-state index contributed by atoms with van der Waals surface area (Å²) in [6.07, 6.45) is 2.89. The summed E-state index contributed by atoms with van der Waals surface area (Å²) in [7, 11) is 0. The van der Waals surface area contributed by atoms with Crippen LogP contribution < -0.4 is 4.90 Å². The van der Waals surface area contributed by atoms with Crippen LogP contribution in [0.25, 0.3) is 22.8 Å². The van der Waals surface area contributed by atoms with E-state index in [2.05, 4.69) is 20.0 Å². The van der Waals surface area contributed by atoms with Crippen molar-refractivity contribution in [3.63, 3.8) is 0 Å². The highest BCUT2D eigenvalue weighted by Crippen LogP contribution is 2.30. The Bertz CT molecular complexity index is 858. The summed E-state index contributed by atoms with van der Waals surface area (Å²) >= 11 is 0. The normalized spacial score (nSPS) is 15.5. The molecule has 0 unspecified atom stereocenters. The molecule has 0 atom stereocenters. The number of hydrogen-bond acceptors (Lipinski definition) is 6. The molecule has 25 heavy (non-hydrogen) atoms. The molecule has 0 bridgehead atoms. The molecule has 4 rings (SSSR count). The molecular formula is C18H17FN4O2. The third kappa shape index (κ3) is 3.23. The van der Waals surface area contributed by atoms with Crippen LogP contribution in [0.4, 0.5) is 10.2 Å². The zero-order chi connectivity index (χ0) is 17.2. The second-order valence-corrected chi connectivity index (χ2v) is 6.02. The number of pyridine rings is 1. The van der Waals surface area contributed by atoms with E-state index in [-0.39, 0.29) is 11.9 Å². The van der Waals surface area contributed by atoms with Gasteiger partial charge in [-0.1, -0.05) is 5.16 Å². The lowest BCUT2D eigenvalue weighted by Crippen LogP contribution is -2.36. The van der Waals surface area contributed by atoms with Gasteiger partial charge in [-0.25, -0.2) is 9.37 Å². The van der Waals surface area contributed by atoms with E-state index in [1.807, 2.05) is 12.1 Å². The maximum Gasteiger partial charge on any atom is 0.261 e. The number of anilines is 1. The maximum atomic E-state index is 13.1. The molecule has 0 radical (unpaired) electrons. The van der Waals surface area contributed by atoms with Crippen LogP contribution >= 0.6 is 0 Å². The summed E-state index contributed by atoms with van der Waals surface area (Å²) in [5.74, 6) is 1.23. The van der Waals surface area contributed by atoms with Crippen LogP contribution in [0, 0.1) is 5.82 Å². The first kappa shape index (κ1) is 15.7. The highest BCUT2D eigenvalue weighted by atomic mass is 19.1. The number of halogens is 1. The first-order chi connectivity index (χ1) is 12.2. The van der Waals surface area contributed by atoms with E-state index in [1.165, 1.54) is 12.1 Å². The summed E-state index contributed by atoms with van der Waals surface area (Å²) in [5.41, 5.74) is 1.43. The van der Waals surface area contributed by atoms with Gasteiger partial charge in [-0.3, -0.25) is 0 Å². The highest BCUT2D eigenvalue weighted by molar-refractivity contribution is 5.71. The molecule has 6 nitrogen and oxygen atoms in total. The molecule has 0 spiro atoms. The Morgan fingerprint density at radius 3 is 2.64 bits per heavy atom. The van der Waals surface area contributed by atoms with Crippen LogP contribution in [0.1, 0.15) is 12.8 Å². The molecule has 1 saturated heterocycles. The van der Waals surface area contributed by atoms with Gasteiger partial charge in [0.2, 0.25) is 5.82 Å². The summed E-state index contributed by atoms with van der Waals surface area (Å²) in [6, 6.07) is 9.65. The standard InChI is InChI=1S/C18H17FN4O2/c19-13-5-3-12(4-6-13)16-21-18(25-22-16)15-2-1-9-20-17(15)23-10-7-14(24)8-11-23/h1-6,9,14,24H,7-8,10-11H2. The van der Waals surface area contributed by atoms with Gasteiger partial charge in [-0.05, 0) is 49.2 Å². The van der Waals surface area contributed by atoms with Crippen molar-refractivity contribution in [3.8, 4) is 22.8 Å². The Hall–Kier alpha value is -2.80. The number of aliphatic hydroxyl groups excluding tert-OH is 1. The monoisotopic (exact) mass is 340 g/mol. The summed E-state index contributed by atoms with van der Waals surface area (Å²) < 4.78 is 18.5. The SMILES string of the molecule is OC1CCN(c2ncccc2-c2nc(-c3ccc(F)cc3)no2)CC1. The Morgan fingerprint density at radius 1 is 1.12 bits per heavy atom.